The molecule has 6 nitrogen and oxygen atoms in total. The van der Waals surface area contributed by atoms with E-state index in [4.69, 9.17) is 11.6 Å². The molecule has 0 aliphatic heterocycles. The molecule has 0 aliphatic carbocycles. The van der Waals surface area contributed by atoms with Gasteiger partial charge in [-0.15, -0.1) is 11.3 Å². The van der Waals surface area contributed by atoms with Gasteiger partial charge in [0.25, 0.3) is 5.91 Å². The Kier molecular flexibility index (Phi) is 5.61. The van der Waals surface area contributed by atoms with Crippen LogP contribution in [0, 0.1) is 19.7 Å². The Morgan fingerprint density at radius 3 is 2.67 bits per heavy atom. The predicted molar refractivity (Wildman–Crippen MR) is 115 cm³/mol. The number of anilines is 1. The molecule has 0 saturated heterocycles. The average Bonchev–Trinajstić information content (AvgIpc) is 3.29. The maximum Gasteiger partial charge on any atom is 0.277 e. The minimum atomic E-state index is -0.453. The second kappa shape index (κ2) is 8.33. The highest BCUT2D eigenvalue weighted by atomic mass is 35.5. The fourth-order valence-corrected chi connectivity index (χ4v) is 4.01. The number of thiazole rings is 1. The molecule has 3 aromatic heterocycles. The molecule has 30 heavy (non-hydrogen) atoms. The maximum absolute atomic E-state index is 13.0. The van der Waals surface area contributed by atoms with E-state index in [2.05, 4.69) is 20.4 Å². The van der Waals surface area contributed by atoms with E-state index >= 15 is 0 Å². The van der Waals surface area contributed by atoms with Gasteiger partial charge in [0, 0.05) is 23.2 Å². The van der Waals surface area contributed by atoms with Gasteiger partial charge in [-0.2, -0.15) is 5.10 Å². The van der Waals surface area contributed by atoms with Crippen LogP contribution in [0.1, 0.15) is 32.3 Å². The summed E-state index contributed by atoms with van der Waals surface area (Å²) in [6.07, 6.45) is 2.28. The second-order valence-corrected chi connectivity index (χ2v) is 8.25. The molecule has 0 atom stereocenters. The Bertz CT molecular complexity index is 1220. The minimum absolute atomic E-state index is 0.0944. The first kappa shape index (κ1) is 20.2. The van der Waals surface area contributed by atoms with Crippen molar-refractivity contribution >= 4 is 34.0 Å². The van der Waals surface area contributed by atoms with E-state index in [1.807, 2.05) is 19.9 Å². The minimum Gasteiger partial charge on any atom is -0.296 e. The van der Waals surface area contributed by atoms with Gasteiger partial charge < -0.3 is 0 Å². The third-order valence-corrected chi connectivity index (χ3v) is 5.56. The standard InChI is InChI=1S/C21H17ClFN5OS/c1-12-9-13(2)28(27-12)18-8-7-17(22)19(25-18)20(29)26-21-24-11-16(30-21)10-14-3-5-15(23)6-4-14/h3-9,11H,10H2,1-2H3,(H,24,26,29). The van der Waals surface area contributed by atoms with Gasteiger partial charge in [-0.25, -0.2) is 19.0 Å². The van der Waals surface area contributed by atoms with Crippen LogP contribution in [0.4, 0.5) is 9.52 Å². The summed E-state index contributed by atoms with van der Waals surface area (Å²) in [5.41, 5.74) is 2.81. The molecular formula is C21H17ClFN5OS. The number of nitrogens with zero attached hydrogens (tertiary/aromatic N) is 4. The predicted octanol–water partition coefficient (Wildman–Crippen LogP) is 4.98. The Morgan fingerprint density at radius 1 is 1.20 bits per heavy atom. The van der Waals surface area contributed by atoms with Crippen molar-refractivity contribution in [2.75, 3.05) is 5.32 Å². The molecule has 1 aromatic carbocycles. The van der Waals surface area contributed by atoms with Crippen LogP contribution in [0.15, 0.2) is 48.7 Å². The van der Waals surface area contributed by atoms with Crippen molar-refractivity contribution in [1.29, 1.82) is 0 Å². The summed E-state index contributed by atoms with van der Waals surface area (Å²) in [6.45, 7) is 3.80. The van der Waals surface area contributed by atoms with Gasteiger partial charge in [-0.3, -0.25) is 10.1 Å². The molecule has 0 radical (unpaired) electrons. The lowest BCUT2D eigenvalue weighted by molar-refractivity contribution is 0.102. The van der Waals surface area contributed by atoms with Crippen LogP contribution < -0.4 is 5.32 Å². The van der Waals surface area contributed by atoms with E-state index in [-0.39, 0.29) is 16.5 Å². The molecule has 1 N–H and O–H groups in total. The maximum atomic E-state index is 13.0. The Labute approximate surface area is 181 Å². The number of amides is 1. The summed E-state index contributed by atoms with van der Waals surface area (Å²) in [6, 6.07) is 11.5. The molecule has 0 bridgehead atoms. The summed E-state index contributed by atoms with van der Waals surface area (Å²) < 4.78 is 14.7. The number of aryl methyl sites for hydroxylation is 2. The number of pyridine rings is 1. The summed E-state index contributed by atoms with van der Waals surface area (Å²) in [7, 11) is 0. The topological polar surface area (TPSA) is 72.7 Å². The molecule has 0 aliphatic rings. The Morgan fingerprint density at radius 2 is 1.97 bits per heavy atom. The lowest BCUT2D eigenvalue weighted by Gasteiger charge is -2.08. The lowest BCUT2D eigenvalue weighted by Crippen LogP contribution is -2.16. The lowest BCUT2D eigenvalue weighted by atomic mass is 10.1. The number of nitrogens with one attached hydrogen (secondary N) is 1. The van der Waals surface area contributed by atoms with Crippen LogP contribution in [0.2, 0.25) is 5.02 Å². The average molecular weight is 442 g/mol. The summed E-state index contributed by atoms with van der Waals surface area (Å²) in [4.78, 5) is 22.3. The third kappa shape index (κ3) is 4.39. The smallest absolute Gasteiger partial charge is 0.277 e. The molecule has 4 rings (SSSR count). The molecule has 152 valence electrons. The highest BCUT2D eigenvalue weighted by Crippen LogP contribution is 2.23. The number of hydrogen-bond acceptors (Lipinski definition) is 5. The molecule has 3 heterocycles. The van der Waals surface area contributed by atoms with Crippen LogP contribution in [0.3, 0.4) is 0 Å². The van der Waals surface area contributed by atoms with Crippen molar-refractivity contribution in [3.63, 3.8) is 0 Å². The van der Waals surface area contributed by atoms with Crippen molar-refractivity contribution in [2.24, 2.45) is 0 Å². The van der Waals surface area contributed by atoms with Gasteiger partial charge in [0.1, 0.15) is 11.5 Å². The Balaban J connectivity index is 1.51. The van der Waals surface area contributed by atoms with E-state index in [0.29, 0.717) is 17.4 Å². The van der Waals surface area contributed by atoms with Crippen molar-refractivity contribution in [3.05, 3.63) is 87.0 Å². The SMILES string of the molecule is Cc1cc(C)n(-c2ccc(Cl)c(C(=O)Nc3ncc(Cc4ccc(F)cc4)s3)n2)n1. The van der Waals surface area contributed by atoms with E-state index < -0.39 is 5.91 Å². The van der Waals surface area contributed by atoms with Gasteiger partial charge in [0.05, 0.1) is 10.7 Å². The zero-order chi connectivity index (χ0) is 21.3. The van der Waals surface area contributed by atoms with Crippen LogP contribution in [-0.4, -0.2) is 25.7 Å². The second-order valence-electron chi connectivity index (χ2n) is 6.73. The first-order valence-electron chi connectivity index (χ1n) is 9.10. The van der Waals surface area contributed by atoms with E-state index in [0.717, 1.165) is 21.8 Å². The third-order valence-electron chi connectivity index (χ3n) is 4.34. The van der Waals surface area contributed by atoms with Crippen molar-refractivity contribution < 1.29 is 9.18 Å². The zero-order valence-corrected chi connectivity index (χ0v) is 17.8. The summed E-state index contributed by atoms with van der Waals surface area (Å²) in [5.74, 6) is -0.222. The number of aromatic nitrogens is 4. The first-order valence-corrected chi connectivity index (χ1v) is 10.3. The van der Waals surface area contributed by atoms with Crippen molar-refractivity contribution in [3.8, 4) is 5.82 Å². The van der Waals surface area contributed by atoms with Crippen LogP contribution in [-0.2, 0) is 6.42 Å². The number of carbonyl (C=O) groups excluding carboxylic acids is 1. The van der Waals surface area contributed by atoms with Crippen molar-refractivity contribution in [2.45, 2.75) is 20.3 Å². The number of carbonyl (C=O) groups is 1. The van der Waals surface area contributed by atoms with Crippen LogP contribution >= 0.6 is 22.9 Å². The highest BCUT2D eigenvalue weighted by molar-refractivity contribution is 7.15. The monoisotopic (exact) mass is 441 g/mol. The van der Waals surface area contributed by atoms with E-state index in [1.165, 1.54) is 23.5 Å². The molecule has 1 amide bonds. The fraction of sp³-hybridized carbons (Fsp3) is 0.143. The Hall–Kier alpha value is -3.10. The number of benzene rings is 1. The fourth-order valence-electron chi connectivity index (χ4n) is 2.98. The summed E-state index contributed by atoms with van der Waals surface area (Å²) >= 11 is 7.56. The molecule has 0 fully saturated rings. The molecule has 0 spiro atoms. The van der Waals surface area contributed by atoms with Gasteiger partial charge in [-0.05, 0) is 49.7 Å². The molecule has 0 unspecified atom stereocenters. The van der Waals surface area contributed by atoms with Gasteiger partial charge in [-0.1, -0.05) is 23.7 Å². The molecule has 0 saturated carbocycles. The van der Waals surface area contributed by atoms with E-state index in [9.17, 15) is 9.18 Å². The van der Waals surface area contributed by atoms with Crippen LogP contribution in [0.5, 0.6) is 0 Å². The zero-order valence-electron chi connectivity index (χ0n) is 16.2. The molecule has 9 heteroatoms. The largest absolute Gasteiger partial charge is 0.296 e. The molecular weight excluding hydrogens is 425 g/mol. The quantitative estimate of drug-likeness (QED) is 0.474. The number of hydrogen-bond donors (Lipinski definition) is 1. The highest BCUT2D eigenvalue weighted by Gasteiger charge is 2.17. The van der Waals surface area contributed by atoms with Gasteiger partial charge >= 0.3 is 0 Å². The number of halogens is 2. The first-order chi connectivity index (χ1) is 14.4. The normalized spacial score (nSPS) is 10.9. The number of rotatable bonds is 5. The van der Waals surface area contributed by atoms with Gasteiger partial charge in [0.15, 0.2) is 10.9 Å². The van der Waals surface area contributed by atoms with Gasteiger partial charge in [0.2, 0.25) is 0 Å². The van der Waals surface area contributed by atoms with E-state index in [1.54, 1.807) is 35.1 Å². The van der Waals surface area contributed by atoms with Crippen molar-refractivity contribution in [1.82, 2.24) is 19.7 Å². The van der Waals surface area contributed by atoms with Crippen LogP contribution in [0.25, 0.3) is 5.82 Å². The molecule has 4 aromatic rings. The summed E-state index contributed by atoms with van der Waals surface area (Å²) in [5, 5.41) is 7.81.